The standard InChI is InChI=1S/C18H19N3O5S/c19-15(22)11-26-13-5-3-4-12(8-13)9-14-17(24)21(18(25)27-14)10-16(23)20-6-1-2-7-20/h3-5,8-9H,1-2,6-7,10-11H2,(H2,19,22)/b14-9-. The number of nitrogens with zero attached hydrogens (tertiary/aromatic N) is 2. The van der Waals surface area contributed by atoms with Gasteiger partial charge < -0.3 is 15.4 Å². The molecule has 2 aliphatic rings. The Hall–Kier alpha value is -2.81. The van der Waals surface area contributed by atoms with Crippen molar-refractivity contribution in [2.75, 3.05) is 26.2 Å². The molecule has 2 fully saturated rings. The number of hydrogen-bond donors (Lipinski definition) is 1. The number of ether oxygens (including phenoxy) is 1. The Morgan fingerprint density at radius 2 is 1.96 bits per heavy atom. The molecule has 2 N–H and O–H groups in total. The van der Waals surface area contributed by atoms with E-state index in [0.29, 0.717) is 24.4 Å². The van der Waals surface area contributed by atoms with E-state index in [1.54, 1.807) is 35.2 Å². The first kappa shape index (κ1) is 19.0. The van der Waals surface area contributed by atoms with Gasteiger partial charge in [0.05, 0.1) is 4.91 Å². The van der Waals surface area contributed by atoms with Gasteiger partial charge in [0.2, 0.25) is 5.91 Å². The molecule has 0 bridgehead atoms. The fraction of sp³-hybridized carbons (Fsp3) is 0.333. The average Bonchev–Trinajstić information content (AvgIpc) is 3.25. The number of nitrogens with two attached hydrogens (primary N) is 1. The number of imide groups is 1. The van der Waals surface area contributed by atoms with Crippen LogP contribution in [0.25, 0.3) is 6.08 Å². The highest BCUT2D eigenvalue weighted by Gasteiger charge is 2.37. The molecular formula is C18H19N3O5S. The largest absolute Gasteiger partial charge is 0.484 e. The summed E-state index contributed by atoms with van der Waals surface area (Å²) >= 11 is 0.798. The van der Waals surface area contributed by atoms with Crippen LogP contribution in [0.5, 0.6) is 5.75 Å². The summed E-state index contributed by atoms with van der Waals surface area (Å²) in [5.74, 6) is -0.867. The lowest BCUT2D eigenvalue weighted by Crippen LogP contribution is -2.40. The average molecular weight is 389 g/mol. The van der Waals surface area contributed by atoms with Crippen LogP contribution in [0.1, 0.15) is 18.4 Å². The zero-order chi connectivity index (χ0) is 19.4. The SMILES string of the molecule is NC(=O)COc1cccc(/C=C2\SC(=O)N(CC(=O)N3CCCC3)C2=O)c1. The summed E-state index contributed by atoms with van der Waals surface area (Å²) in [6.45, 7) is 0.855. The second kappa shape index (κ2) is 8.26. The highest BCUT2D eigenvalue weighted by molar-refractivity contribution is 8.18. The highest BCUT2D eigenvalue weighted by atomic mass is 32.2. The maximum Gasteiger partial charge on any atom is 0.294 e. The fourth-order valence-electron chi connectivity index (χ4n) is 2.84. The van der Waals surface area contributed by atoms with Crippen LogP contribution in [0.2, 0.25) is 0 Å². The van der Waals surface area contributed by atoms with Crippen molar-refractivity contribution in [2.24, 2.45) is 5.73 Å². The lowest BCUT2D eigenvalue weighted by atomic mass is 10.2. The number of carbonyl (C=O) groups is 4. The maximum atomic E-state index is 12.5. The monoisotopic (exact) mass is 389 g/mol. The first-order valence-electron chi connectivity index (χ1n) is 8.48. The third kappa shape index (κ3) is 4.68. The van der Waals surface area contributed by atoms with Crippen molar-refractivity contribution in [1.82, 2.24) is 9.80 Å². The second-order valence-corrected chi connectivity index (χ2v) is 7.18. The zero-order valence-electron chi connectivity index (χ0n) is 14.6. The molecule has 1 aromatic carbocycles. The van der Waals surface area contributed by atoms with Gasteiger partial charge in [0, 0.05) is 13.1 Å². The molecule has 8 nitrogen and oxygen atoms in total. The number of primary amides is 1. The predicted molar refractivity (Wildman–Crippen MR) is 99.6 cm³/mol. The molecule has 0 radical (unpaired) electrons. The van der Waals surface area contributed by atoms with Crippen LogP contribution in [-0.2, 0) is 14.4 Å². The number of benzene rings is 1. The quantitative estimate of drug-likeness (QED) is 0.733. The van der Waals surface area contributed by atoms with E-state index in [4.69, 9.17) is 10.5 Å². The minimum atomic E-state index is -0.593. The van der Waals surface area contributed by atoms with Gasteiger partial charge in [-0.15, -0.1) is 0 Å². The maximum absolute atomic E-state index is 12.5. The molecule has 9 heteroatoms. The van der Waals surface area contributed by atoms with Crippen molar-refractivity contribution in [3.63, 3.8) is 0 Å². The predicted octanol–water partition coefficient (Wildman–Crippen LogP) is 1.21. The van der Waals surface area contributed by atoms with E-state index in [1.165, 1.54) is 0 Å². The molecule has 0 saturated carbocycles. The number of amides is 4. The van der Waals surface area contributed by atoms with Gasteiger partial charge in [-0.25, -0.2) is 0 Å². The van der Waals surface area contributed by atoms with Crippen molar-refractivity contribution in [3.05, 3.63) is 34.7 Å². The molecule has 27 heavy (non-hydrogen) atoms. The van der Waals surface area contributed by atoms with Gasteiger partial charge in [-0.1, -0.05) is 12.1 Å². The van der Waals surface area contributed by atoms with E-state index in [1.807, 2.05) is 0 Å². The van der Waals surface area contributed by atoms with Gasteiger partial charge in [-0.2, -0.15) is 0 Å². The first-order valence-corrected chi connectivity index (χ1v) is 9.30. The normalized spacial score (nSPS) is 18.4. The Labute approximate surface area is 160 Å². The Morgan fingerprint density at radius 3 is 2.67 bits per heavy atom. The molecular weight excluding hydrogens is 370 g/mol. The number of rotatable bonds is 6. The molecule has 2 aliphatic heterocycles. The van der Waals surface area contributed by atoms with Crippen molar-refractivity contribution < 1.29 is 23.9 Å². The Balaban J connectivity index is 1.69. The van der Waals surface area contributed by atoms with Crippen molar-refractivity contribution in [2.45, 2.75) is 12.8 Å². The van der Waals surface area contributed by atoms with E-state index in [9.17, 15) is 19.2 Å². The van der Waals surface area contributed by atoms with Gasteiger partial charge in [0.15, 0.2) is 6.61 Å². The van der Waals surface area contributed by atoms with Crippen LogP contribution in [-0.4, -0.2) is 59.0 Å². The van der Waals surface area contributed by atoms with E-state index < -0.39 is 17.1 Å². The summed E-state index contributed by atoms with van der Waals surface area (Å²) in [6, 6.07) is 6.72. The molecule has 3 rings (SSSR count). The van der Waals surface area contributed by atoms with Gasteiger partial charge in [-0.05, 0) is 48.4 Å². The summed E-state index contributed by atoms with van der Waals surface area (Å²) in [6.07, 6.45) is 3.45. The molecule has 4 amide bonds. The van der Waals surface area contributed by atoms with E-state index in [-0.39, 0.29) is 24.0 Å². The third-order valence-electron chi connectivity index (χ3n) is 4.16. The first-order chi connectivity index (χ1) is 12.9. The third-order valence-corrected chi connectivity index (χ3v) is 5.07. The highest BCUT2D eigenvalue weighted by Crippen LogP contribution is 2.32. The molecule has 2 saturated heterocycles. The summed E-state index contributed by atoms with van der Waals surface area (Å²) in [5.41, 5.74) is 5.68. The molecule has 1 aromatic rings. The Kier molecular flexibility index (Phi) is 5.80. The lowest BCUT2D eigenvalue weighted by molar-refractivity contribution is -0.135. The van der Waals surface area contributed by atoms with Gasteiger partial charge in [0.25, 0.3) is 17.1 Å². The van der Waals surface area contributed by atoms with Crippen LogP contribution in [0.3, 0.4) is 0 Å². The zero-order valence-corrected chi connectivity index (χ0v) is 15.4. The number of carbonyl (C=O) groups excluding carboxylic acids is 4. The molecule has 0 atom stereocenters. The van der Waals surface area contributed by atoms with Crippen LogP contribution in [0.4, 0.5) is 4.79 Å². The molecule has 0 aliphatic carbocycles. The molecule has 142 valence electrons. The van der Waals surface area contributed by atoms with E-state index in [2.05, 4.69) is 0 Å². The van der Waals surface area contributed by atoms with E-state index >= 15 is 0 Å². The van der Waals surface area contributed by atoms with Gasteiger partial charge in [0.1, 0.15) is 12.3 Å². The molecule has 0 unspecified atom stereocenters. The number of thioether (sulfide) groups is 1. The smallest absolute Gasteiger partial charge is 0.294 e. The molecule has 0 spiro atoms. The van der Waals surface area contributed by atoms with E-state index in [0.717, 1.165) is 29.5 Å². The minimum Gasteiger partial charge on any atom is -0.484 e. The number of hydrogen-bond acceptors (Lipinski definition) is 6. The van der Waals surface area contributed by atoms with Gasteiger partial charge >= 0.3 is 0 Å². The molecule has 2 heterocycles. The van der Waals surface area contributed by atoms with Crippen LogP contribution in [0.15, 0.2) is 29.2 Å². The van der Waals surface area contributed by atoms with Crippen molar-refractivity contribution >= 4 is 40.8 Å². The number of likely N-dealkylation sites (tertiary alicyclic amines) is 1. The lowest BCUT2D eigenvalue weighted by Gasteiger charge is -2.18. The van der Waals surface area contributed by atoms with Gasteiger partial charge in [-0.3, -0.25) is 24.1 Å². The fourth-order valence-corrected chi connectivity index (χ4v) is 3.68. The van der Waals surface area contributed by atoms with Crippen LogP contribution >= 0.6 is 11.8 Å². The second-order valence-electron chi connectivity index (χ2n) is 6.18. The van der Waals surface area contributed by atoms with Crippen molar-refractivity contribution in [3.8, 4) is 5.75 Å². The summed E-state index contributed by atoms with van der Waals surface area (Å²) in [7, 11) is 0. The van der Waals surface area contributed by atoms with Crippen LogP contribution in [0, 0.1) is 0 Å². The minimum absolute atomic E-state index is 0.210. The van der Waals surface area contributed by atoms with Crippen molar-refractivity contribution in [1.29, 1.82) is 0 Å². The summed E-state index contributed by atoms with van der Waals surface area (Å²) in [5, 5.41) is -0.458. The summed E-state index contributed by atoms with van der Waals surface area (Å²) in [4.78, 5) is 50.6. The Bertz CT molecular complexity index is 817. The Morgan fingerprint density at radius 1 is 1.22 bits per heavy atom. The molecule has 0 aromatic heterocycles. The topological polar surface area (TPSA) is 110 Å². The van der Waals surface area contributed by atoms with Crippen LogP contribution < -0.4 is 10.5 Å². The summed E-state index contributed by atoms with van der Waals surface area (Å²) < 4.78 is 5.23.